The number of hydrogen-bond acceptors (Lipinski definition) is 6. The maximum absolute atomic E-state index is 12.9. The van der Waals surface area contributed by atoms with E-state index in [4.69, 9.17) is 23.2 Å². The summed E-state index contributed by atoms with van der Waals surface area (Å²) in [6.07, 6.45) is 3.16. The minimum absolute atomic E-state index is 0.0930. The van der Waals surface area contributed by atoms with Crippen molar-refractivity contribution in [2.45, 2.75) is 18.9 Å². The Hall–Kier alpha value is -4.15. The molecule has 1 aromatic heterocycles. The molecule has 1 aliphatic heterocycles. The first kappa shape index (κ1) is 27.9. The van der Waals surface area contributed by atoms with Gasteiger partial charge >= 0.3 is 0 Å². The molecule has 0 spiro atoms. The molecule has 4 N–H and O–H groups in total. The van der Waals surface area contributed by atoms with Crippen LogP contribution in [0.1, 0.15) is 44.0 Å². The standard InChI is InChI=1S/C27H26Cl2N6O4/c1-16(15-36)13-30-18-7-5-17(6-8-18)27(39)35-11-9-19(10-12-35)32-26(38)24-22(14-31-34-24)33-25(37)23-20(28)3-2-4-21(23)29/h2-8,14-15,19,30H,1,9-13H2,(H,31,34)(H,32,38)(H,33,37). The van der Waals surface area contributed by atoms with Gasteiger partial charge in [-0.25, -0.2) is 0 Å². The molecular formula is C27H26Cl2N6O4. The smallest absolute Gasteiger partial charge is 0.271 e. The third kappa shape index (κ3) is 6.84. The lowest BCUT2D eigenvalue weighted by Crippen LogP contribution is -2.46. The molecule has 2 heterocycles. The normalized spacial score (nSPS) is 13.4. The highest BCUT2D eigenvalue weighted by molar-refractivity contribution is 6.40. The van der Waals surface area contributed by atoms with E-state index in [-0.39, 0.29) is 38.9 Å². The number of piperidine rings is 1. The van der Waals surface area contributed by atoms with Gasteiger partial charge in [0.15, 0.2) is 0 Å². The molecule has 39 heavy (non-hydrogen) atoms. The molecule has 10 nitrogen and oxygen atoms in total. The van der Waals surface area contributed by atoms with Crippen molar-refractivity contribution in [3.63, 3.8) is 0 Å². The molecule has 0 atom stereocenters. The average Bonchev–Trinajstić information content (AvgIpc) is 3.40. The first-order chi connectivity index (χ1) is 18.8. The van der Waals surface area contributed by atoms with Crippen LogP contribution >= 0.6 is 23.2 Å². The molecule has 1 aliphatic rings. The van der Waals surface area contributed by atoms with Crippen molar-refractivity contribution in [2.75, 3.05) is 30.3 Å². The van der Waals surface area contributed by atoms with Gasteiger partial charge in [0, 0.05) is 42.5 Å². The van der Waals surface area contributed by atoms with Gasteiger partial charge in [0.05, 0.1) is 27.5 Å². The van der Waals surface area contributed by atoms with E-state index in [1.54, 1.807) is 47.4 Å². The molecule has 0 saturated carbocycles. The number of nitrogens with zero attached hydrogens (tertiary/aromatic N) is 2. The molecule has 1 saturated heterocycles. The summed E-state index contributed by atoms with van der Waals surface area (Å²) >= 11 is 12.2. The molecule has 1 fully saturated rings. The number of benzene rings is 2. The van der Waals surface area contributed by atoms with Gasteiger partial charge in [-0.2, -0.15) is 5.10 Å². The van der Waals surface area contributed by atoms with E-state index in [1.165, 1.54) is 6.20 Å². The van der Waals surface area contributed by atoms with Crippen molar-refractivity contribution < 1.29 is 19.2 Å². The Morgan fingerprint density at radius 3 is 2.36 bits per heavy atom. The fourth-order valence-electron chi connectivity index (χ4n) is 4.11. The van der Waals surface area contributed by atoms with Crippen LogP contribution in [0.3, 0.4) is 0 Å². The number of carbonyl (C=O) groups excluding carboxylic acids is 4. The third-order valence-electron chi connectivity index (χ3n) is 6.24. The highest BCUT2D eigenvalue weighted by Gasteiger charge is 2.27. The van der Waals surface area contributed by atoms with Crippen LogP contribution in [-0.4, -0.2) is 64.8 Å². The fraction of sp³-hybridized carbons (Fsp3) is 0.222. The minimum Gasteiger partial charge on any atom is -0.381 e. The fourth-order valence-corrected chi connectivity index (χ4v) is 4.68. The van der Waals surface area contributed by atoms with E-state index in [9.17, 15) is 19.2 Å². The number of halogens is 2. The Morgan fingerprint density at radius 2 is 1.72 bits per heavy atom. The summed E-state index contributed by atoms with van der Waals surface area (Å²) in [5.41, 5.74) is 2.14. The van der Waals surface area contributed by atoms with Crippen LogP contribution in [0.5, 0.6) is 0 Å². The molecule has 3 amide bonds. The van der Waals surface area contributed by atoms with Gasteiger partial charge in [-0.05, 0) is 49.2 Å². The number of nitrogens with one attached hydrogen (secondary N) is 4. The summed E-state index contributed by atoms with van der Waals surface area (Å²) < 4.78 is 0. The minimum atomic E-state index is -0.567. The predicted molar refractivity (Wildman–Crippen MR) is 150 cm³/mol. The molecular weight excluding hydrogens is 543 g/mol. The van der Waals surface area contributed by atoms with Crippen molar-refractivity contribution >= 4 is 58.6 Å². The van der Waals surface area contributed by atoms with Crippen LogP contribution in [0.25, 0.3) is 0 Å². The van der Waals surface area contributed by atoms with Gasteiger partial charge < -0.3 is 20.9 Å². The van der Waals surface area contributed by atoms with Crippen LogP contribution in [0, 0.1) is 0 Å². The molecule has 4 rings (SSSR count). The molecule has 3 aromatic rings. The average molecular weight is 569 g/mol. The first-order valence-electron chi connectivity index (χ1n) is 12.1. The predicted octanol–water partition coefficient (Wildman–Crippen LogP) is 4.17. The molecule has 0 aliphatic carbocycles. The number of amides is 3. The lowest BCUT2D eigenvalue weighted by atomic mass is 10.0. The van der Waals surface area contributed by atoms with Crippen molar-refractivity contribution in [2.24, 2.45) is 0 Å². The third-order valence-corrected chi connectivity index (χ3v) is 6.87. The van der Waals surface area contributed by atoms with Crippen LogP contribution < -0.4 is 16.0 Å². The number of likely N-dealkylation sites (tertiary alicyclic amines) is 1. The molecule has 2 aromatic carbocycles. The van der Waals surface area contributed by atoms with Gasteiger partial charge in [0.25, 0.3) is 17.7 Å². The van der Waals surface area contributed by atoms with Crippen molar-refractivity contribution in [3.05, 3.63) is 87.7 Å². The summed E-state index contributed by atoms with van der Waals surface area (Å²) in [7, 11) is 0. The van der Waals surface area contributed by atoms with E-state index in [1.807, 2.05) is 0 Å². The van der Waals surface area contributed by atoms with E-state index in [0.717, 1.165) is 5.69 Å². The summed E-state index contributed by atoms with van der Waals surface area (Å²) in [5, 5.41) is 15.5. The maximum atomic E-state index is 12.9. The summed E-state index contributed by atoms with van der Waals surface area (Å²) in [6, 6.07) is 11.6. The van der Waals surface area contributed by atoms with Gasteiger partial charge in [-0.15, -0.1) is 0 Å². The second-order valence-corrected chi connectivity index (χ2v) is 9.77. The maximum Gasteiger partial charge on any atom is 0.271 e. The Morgan fingerprint density at radius 1 is 1.05 bits per heavy atom. The highest BCUT2D eigenvalue weighted by Crippen LogP contribution is 2.26. The first-order valence-corrected chi connectivity index (χ1v) is 12.9. The van der Waals surface area contributed by atoms with Gasteiger partial charge in [0.2, 0.25) is 0 Å². The second kappa shape index (κ2) is 12.6. The monoisotopic (exact) mass is 568 g/mol. The Labute approximate surface area is 234 Å². The quantitative estimate of drug-likeness (QED) is 0.226. The zero-order chi connectivity index (χ0) is 27.9. The number of aromatic nitrogens is 2. The van der Waals surface area contributed by atoms with E-state index >= 15 is 0 Å². The molecule has 202 valence electrons. The number of carbonyl (C=O) groups is 4. The number of rotatable bonds is 9. The number of H-pyrrole nitrogens is 1. The van der Waals surface area contributed by atoms with Gasteiger partial charge in [0.1, 0.15) is 12.0 Å². The van der Waals surface area contributed by atoms with Crippen LogP contribution in [-0.2, 0) is 4.79 Å². The SMILES string of the molecule is C=C(C=O)CNc1ccc(C(=O)N2CCC(NC(=O)c3[nH]ncc3NC(=O)c3c(Cl)cccc3Cl)CC2)cc1. The number of aldehydes is 1. The number of anilines is 2. The molecule has 0 unspecified atom stereocenters. The summed E-state index contributed by atoms with van der Waals surface area (Å²) in [5.74, 6) is -1.10. The topological polar surface area (TPSA) is 136 Å². The molecule has 0 radical (unpaired) electrons. The van der Waals surface area contributed by atoms with E-state index < -0.39 is 11.8 Å². The van der Waals surface area contributed by atoms with Crippen LogP contribution in [0.15, 0.2) is 60.8 Å². The van der Waals surface area contributed by atoms with Crippen molar-refractivity contribution in [1.29, 1.82) is 0 Å². The van der Waals surface area contributed by atoms with E-state index in [0.29, 0.717) is 49.9 Å². The highest BCUT2D eigenvalue weighted by atomic mass is 35.5. The zero-order valence-corrected chi connectivity index (χ0v) is 22.3. The second-order valence-electron chi connectivity index (χ2n) is 8.96. The van der Waals surface area contributed by atoms with Crippen LogP contribution in [0.2, 0.25) is 10.0 Å². The Kier molecular flexibility index (Phi) is 9.00. The lowest BCUT2D eigenvalue weighted by Gasteiger charge is -2.32. The lowest BCUT2D eigenvalue weighted by molar-refractivity contribution is -0.104. The molecule has 0 bridgehead atoms. The Balaban J connectivity index is 1.29. The number of aromatic amines is 1. The summed E-state index contributed by atoms with van der Waals surface area (Å²) in [6.45, 7) is 4.90. The largest absolute Gasteiger partial charge is 0.381 e. The van der Waals surface area contributed by atoms with Gasteiger partial charge in [-0.1, -0.05) is 35.8 Å². The molecule has 12 heteroatoms. The zero-order valence-electron chi connectivity index (χ0n) is 20.8. The van der Waals surface area contributed by atoms with E-state index in [2.05, 4.69) is 32.7 Å². The van der Waals surface area contributed by atoms with Crippen molar-refractivity contribution in [1.82, 2.24) is 20.4 Å². The Bertz CT molecular complexity index is 1380. The van der Waals surface area contributed by atoms with Crippen LogP contribution in [0.4, 0.5) is 11.4 Å². The summed E-state index contributed by atoms with van der Waals surface area (Å²) in [4.78, 5) is 51.0. The van der Waals surface area contributed by atoms with Crippen molar-refractivity contribution in [3.8, 4) is 0 Å². The number of hydrogen-bond donors (Lipinski definition) is 4. The van der Waals surface area contributed by atoms with Gasteiger partial charge in [-0.3, -0.25) is 24.3 Å².